The smallest absolute Gasteiger partial charge is 0.143 e. The number of benzene rings is 8. The van der Waals surface area contributed by atoms with E-state index in [2.05, 4.69) is 170 Å². The van der Waals surface area contributed by atoms with Gasteiger partial charge in [-0.1, -0.05) is 158 Å². The van der Waals surface area contributed by atoms with E-state index in [1.165, 1.54) is 54.9 Å². The Morgan fingerprint density at radius 3 is 1.54 bits per heavy atom. The lowest BCUT2D eigenvalue weighted by Gasteiger charge is -2.19. The molecular formula is C45H30O. The molecule has 0 atom stereocenters. The van der Waals surface area contributed by atoms with E-state index in [9.17, 15) is 0 Å². The number of furan rings is 1. The Kier molecular flexibility index (Phi) is 6.28. The monoisotopic (exact) mass is 586 g/mol. The van der Waals surface area contributed by atoms with E-state index >= 15 is 0 Å². The van der Waals surface area contributed by atoms with Crippen LogP contribution in [0.5, 0.6) is 0 Å². The molecule has 9 aromatic rings. The van der Waals surface area contributed by atoms with Crippen LogP contribution in [0.15, 0.2) is 174 Å². The Morgan fingerprint density at radius 2 is 0.870 bits per heavy atom. The molecule has 0 radical (unpaired) electrons. The zero-order valence-corrected chi connectivity index (χ0v) is 25.3. The first kappa shape index (κ1) is 26.5. The first-order valence-corrected chi connectivity index (χ1v) is 15.9. The van der Waals surface area contributed by atoms with Gasteiger partial charge in [0.15, 0.2) is 0 Å². The highest BCUT2D eigenvalue weighted by Gasteiger charge is 2.22. The van der Waals surface area contributed by atoms with Crippen molar-refractivity contribution in [3.63, 3.8) is 0 Å². The Labute approximate surface area is 268 Å². The zero-order chi connectivity index (χ0) is 30.5. The van der Waals surface area contributed by atoms with Crippen molar-refractivity contribution in [2.45, 2.75) is 6.42 Å². The molecule has 1 aromatic heterocycles. The summed E-state index contributed by atoms with van der Waals surface area (Å²) in [4.78, 5) is 0. The molecule has 0 unspecified atom stereocenters. The molecule has 0 fully saturated rings. The highest BCUT2D eigenvalue weighted by Crippen LogP contribution is 2.47. The highest BCUT2D eigenvalue weighted by atomic mass is 16.3. The number of rotatable bonds is 5. The fourth-order valence-corrected chi connectivity index (χ4v) is 7.35. The van der Waals surface area contributed by atoms with E-state index in [-0.39, 0.29) is 0 Å². The molecular weight excluding hydrogens is 556 g/mol. The van der Waals surface area contributed by atoms with Gasteiger partial charge < -0.3 is 4.42 Å². The highest BCUT2D eigenvalue weighted by molar-refractivity contribution is 6.23. The van der Waals surface area contributed by atoms with Crippen LogP contribution in [-0.4, -0.2) is 0 Å². The van der Waals surface area contributed by atoms with Crippen LogP contribution in [0.4, 0.5) is 0 Å². The summed E-state index contributed by atoms with van der Waals surface area (Å²) in [6, 6.07) is 61.0. The second-order valence-electron chi connectivity index (χ2n) is 12.0. The van der Waals surface area contributed by atoms with Crippen LogP contribution in [0.1, 0.15) is 11.1 Å². The van der Waals surface area contributed by atoms with Gasteiger partial charge in [0.25, 0.3) is 0 Å². The standard InChI is InChI=1S/C45H30O/c1-3-15-30(16-4-1)33-20-8-7-19-32(33)29-41-35-21-9-11-23-37(35)43(38-24-12-10-22-36(38)41)40-28-27-34(31-17-5-2-6-18-31)45-44(40)39-25-13-14-26-42(39)46-45/h1-28H,29H2. The number of fused-ring (bicyclic) bond motifs is 5. The Morgan fingerprint density at radius 1 is 0.370 bits per heavy atom. The number of hydrogen-bond donors (Lipinski definition) is 0. The summed E-state index contributed by atoms with van der Waals surface area (Å²) < 4.78 is 6.68. The van der Waals surface area contributed by atoms with Crippen LogP contribution < -0.4 is 0 Å². The molecule has 0 saturated heterocycles. The van der Waals surface area contributed by atoms with Gasteiger partial charge in [0.1, 0.15) is 11.2 Å². The summed E-state index contributed by atoms with van der Waals surface area (Å²) in [5.41, 5.74) is 11.8. The number of hydrogen-bond acceptors (Lipinski definition) is 1. The molecule has 0 aliphatic heterocycles. The summed E-state index contributed by atoms with van der Waals surface area (Å²) in [7, 11) is 0. The quantitative estimate of drug-likeness (QED) is 0.183. The van der Waals surface area contributed by atoms with E-state index in [1.807, 2.05) is 0 Å². The van der Waals surface area contributed by atoms with Gasteiger partial charge in [-0.05, 0) is 79.0 Å². The Hall–Kier alpha value is -5.92. The fraction of sp³-hybridized carbons (Fsp3) is 0.0222. The van der Waals surface area contributed by atoms with Crippen molar-refractivity contribution < 1.29 is 4.42 Å². The summed E-state index contributed by atoms with van der Waals surface area (Å²) >= 11 is 0. The molecule has 1 heterocycles. The maximum Gasteiger partial charge on any atom is 0.143 e. The first-order valence-electron chi connectivity index (χ1n) is 15.9. The summed E-state index contributed by atoms with van der Waals surface area (Å²) in [5, 5.41) is 7.38. The zero-order valence-electron chi connectivity index (χ0n) is 25.3. The van der Waals surface area contributed by atoms with Gasteiger partial charge in [-0.25, -0.2) is 0 Å². The minimum atomic E-state index is 0.837. The van der Waals surface area contributed by atoms with Gasteiger partial charge in [-0.2, -0.15) is 0 Å². The molecule has 0 amide bonds. The third kappa shape index (κ3) is 4.24. The van der Waals surface area contributed by atoms with E-state index in [1.54, 1.807) is 0 Å². The lowest BCUT2D eigenvalue weighted by atomic mass is 9.84. The Bertz CT molecular complexity index is 2480. The summed E-state index contributed by atoms with van der Waals surface area (Å²) in [6.07, 6.45) is 0.837. The molecule has 0 spiro atoms. The van der Waals surface area contributed by atoms with E-state index in [4.69, 9.17) is 4.42 Å². The van der Waals surface area contributed by atoms with Crippen LogP contribution in [0.3, 0.4) is 0 Å². The average molecular weight is 587 g/mol. The molecule has 0 aliphatic carbocycles. The average Bonchev–Trinajstić information content (AvgIpc) is 3.52. The van der Waals surface area contributed by atoms with Crippen LogP contribution >= 0.6 is 0 Å². The minimum Gasteiger partial charge on any atom is -0.455 e. The SMILES string of the molecule is c1ccc(-c2ccccc2Cc2c3ccccc3c(-c3ccc(-c4ccccc4)c4oc5ccccc5c34)c3ccccc23)cc1. The Balaban J connectivity index is 1.35. The molecule has 1 heteroatoms. The minimum absolute atomic E-state index is 0.837. The van der Waals surface area contributed by atoms with Crippen molar-refractivity contribution in [3.8, 4) is 33.4 Å². The molecule has 8 aromatic carbocycles. The van der Waals surface area contributed by atoms with Crippen LogP contribution in [0.25, 0.3) is 76.9 Å². The fourth-order valence-electron chi connectivity index (χ4n) is 7.35. The van der Waals surface area contributed by atoms with Gasteiger partial charge in [-0.3, -0.25) is 0 Å². The second-order valence-corrected chi connectivity index (χ2v) is 12.0. The van der Waals surface area contributed by atoms with Crippen LogP contribution in [0, 0.1) is 0 Å². The van der Waals surface area contributed by atoms with Crippen molar-refractivity contribution in [3.05, 3.63) is 181 Å². The van der Waals surface area contributed by atoms with Gasteiger partial charge >= 0.3 is 0 Å². The third-order valence-corrected chi connectivity index (χ3v) is 9.39. The lowest BCUT2D eigenvalue weighted by Crippen LogP contribution is -1.97. The molecule has 0 N–H and O–H groups in total. The predicted molar refractivity (Wildman–Crippen MR) is 194 cm³/mol. The van der Waals surface area contributed by atoms with Gasteiger partial charge in [0.05, 0.1) is 0 Å². The second kappa shape index (κ2) is 10.9. The van der Waals surface area contributed by atoms with Gasteiger partial charge in [0.2, 0.25) is 0 Å². The normalized spacial score (nSPS) is 11.6. The maximum absolute atomic E-state index is 6.68. The molecule has 1 nitrogen and oxygen atoms in total. The summed E-state index contributed by atoms with van der Waals surface area (Å²) in [6.45, 7) is 0. The number of para-hydroxylation sites is 1. The first-order chi connectivity index (χ1) is 22.8. The molecule has 0 aliphatic rings. The molecule has 9 rings (SSSR count). The predicted octanol–water partition coefficient (Wildman–Crippen LogP) is 12.5. The molecule has 216 valence electrons. The van der Waals surface area contributed by atoms with Crippen molar-refractivity contribution in [2.24, 2.45) is 0 Å². The maximum atomic E-state index is 6.68. The van der Waals surface area contributed by atoms with Crippen molar-refractivity contribution >= 4 is 43.5 Å². The largest absolute Gasteiger partial charge is 0.455 e. The van der Waals surface area contributed by atoms with Crippen molar-refractivity contribution in [1.29, 1.82) is 0 Å². The van der Waals surface area contributed by atoms with E-state index in [0.29, 0.717) is 0 Å². The van der Waals surface area contributed by atoms with Crippen molar-refractivity contribution in [1.82, 2.24) is 0 Å². The van der Waals surface area contributed by atoms with Crippen molar-refractivity contribution in [2.75, 3.05) is 0 Å². The van der Waals surface area contributed by atoms with E-state index in [0.717, 1.165) is 39.5 Å². The van der Waals surface area contributed by atoms with Gasteiger partial charge in [0, 0.05) is 16.3 Å². The molecule has 0 bridgehead atoms. The summed E-state index contributed by atoms with van der Waals surface area (Å²) in [5.74, 6) is 0. The topological polar surface area (TPSA) is 13.1 Å². The van der Waals surface area contributed by atoms with E-state index < -0.39 is 0 Å². The molecule has 0 saturated carbocycles. The van der Waals surface area contributed by atoms with Crippen LogP contribution in [0.2, 0.25) is 0 Å². The van der Waals surface area contributed by atoms with Gasteiger partial charge in [-0.15, -0.1) is 0 Å². The lowest BCUT2D eigenvalue weighted by molar-refractivity contribution is 0.670. The van der Waals surface area contributed by atoms with Crippen LogP contribution in [-0.2, 0) is 6.42 Å². The molecule has 46 heavy (non-hydrogen) atoms. The third-order valence-electron chi connectivity index (χ3n) is 9.39.